The van der Waals surface area contributed by atoms with E-state index in [9.17, 15) is 9.59 Å². The maximum atomic E-state index is 13.0. The summed E-state index contributed by atoms with van der Waals surface area (Å²) in [5.41, 5.74) is 3.17. The largest absolute Gasteiger partial charge is 0.466 e. The summed E-state index contributed by atoms with van der Waals surface area (Å²) >= 11 is 1.51. The van der Waals surface area contributed by atoms with Gasteiger partial charge < -0.3 is 15.0 Å². The highest BCUT2D eigenvalue weighted by Crippen LogP contribution is 2.40. The molecule has 0 saturated heterocycles. The van der Waals surface area contributed by atoms with E-state index in [4.69, 9.17) is 4.74 Å². The first-order valence-corrected chi connectivity index (χ1v) is 9.84. The first kappa shape index (κ1) is 19.2. The summed E-state index contributed by atoms with van der Waals surface area (Å²) in [4.78, 5) is 32.9. The fraction of sp³-hybridized carbons (Fsp3) is 0.350. The quantitative estimate of drug-likeness (QED) is 0.465. The standard InChI is InChI=1S/C20H23N3O3S/c1-5-9-27-20-22-17-16(18(24)23-20)15(13-8-6-7-11(2)10-13)14(12(3)21-17)19(25)26-4/h6-8,10,15H,5,9H2,1-4H3,(H2,21,22,23,24). The molecule has 142 valence electrons. The van der Waals surface area contributed by atoms with Crippen LogP contribution in [0.3, 0.4) is 0 Å². The molecule has 27 heavy (non-hydrogen) atoms. The Morgan fingerprint density at radius 2 is 2.11 bits per heavy atom. The summed E-state index contributed by atoms with van der Waals surface area (Å²) in [6.45, 7) is 5.86. The average Bonchev–Trinajstić information content (AvgIpc) is 2.64. The van der Waals surface area contributed by atoms with E-state index in [2.05, 4.69) is 22.2 Å². The van der Waals surface area contributed by atoms with Gasteiger partial charge in [0, 0.05) is 11.4 Å². The summed E-state index contributed by atoms with van der Waals surface area (Å²) < 4.78 is 5.00. The zero-order valence-corrected chi connectivity index (χ0v) is 16.7. The molecule has 0 saturated carbocycles. The van der Waals surface area contributed by atoms with Gasteiger partial charge in [-0.2, -0.15) is 0 Å². The number of anilines is 1. The van der Waals surface area contributed by atoms with E-state index in [1.807, 2.05) is 31.2 Å². The number of methoxy groups -OCH3 is 1. The monoisotopic (exact) mass is 385 g/mol. The number of nitrogens with one attached hydrogen (secondary N) is 2. The van der Waals surface area contributed by atoms with Gasteiger partial charge in [0.15, 0.2) is 5.16 Å². The van der Waals surface area contributed by atoms with Crippen LogP contribution in [-0.4, -0.2) is 28.8 Å². The number of hydrogen-bond acceptors (Lipinski definition) is 6. The predicted octanol–water partition coefficient (Wildman–Crippen LogP) is 3.58. The van der Waals surface area contributed by atoms with Crippen molar-refractivity contribution >= 4 is 23.5 Å². The van der Waals surface area contributed by atoms with E-state index in [-0.39, 0.29) is 5.56 Å². The second-order valence-corrected chi connectivity index (χ2v) is 7.57. The molecule has 1 aromatic heterocycles. The summed E-state index contributed by atoms with van der Waals surface area (Å²) in [5.74, 6) is 0.371. The molecular formula is C20H23N3O3S. The van der Waals surface area contributed by atoms with Crippen molar-refractivity contribution in [2.24, 2.45) is 0 Å². The van der Waals surface area contributed by atoms with Crippen LogP contribution in [0, 0.1) is 6.92 Å². The number of esters is 1. The van der Waals surface area contributed by atoms with Crippen LogP contribution in [0.25, 0.3) is 0 Å². The minimum atomic E-state index is -0.532. The van der Waals surface area contributed by atoms with E-state index in [1.165, 1.54) is 18.9 Å². The lowest BCUT2D eigenvalue weighted by Gasteiger charge is -2.28. The van der Waals surface area contributed by atoms with Gasteiger partial charge in [0.1, 0.15) is 5.82 Å². The molecule has 7 heteroatoms. The van der Waals surface area contributed by atoms with E-state index >= 15 is 0 Å². The minimum absolute atomic E-state index is 0.244. The fourth-order valence-electron chi connectivity index (χ4n) is 3.26. The smallest absolute Gasteiger partial charge is 0.336 e. The van der Waals surface area contributed by atoms with Crippen LogP contribution in [0.15, 0.2) is 45.5 Å². The summed E-state index contributed by atoms with van der Waals surface area (Å²) in [6, 6.07) is 7.80. The number of benzene rings is 1. The SMILES string of the molecule is CCCSc1nc2c(c(=O)[nH]1)C(c1cccc(C)c1)C(C(=O)OC)=C(C)N2. The number of allylic oxidation sites excluding steroid dienone is 1. The molecule has 1 aliphatic rings. The van der Waals surface area contributed by atoms with E-state index in [0.717, 1.165) is 23.3 Å². The van der Waals surface area contributed by atoms with Crippen molar-refractivity contribution in [3.63, 3.8) is 0 Å². The normalized spacial score (nSPS) is 15.9. The predicted molar refractivity (Wildman–Crippen MR) is 107 cm³/mol. The fourth-order valence-corrected chi connectivity index (χ4v) is 3.98. The molecule has 0 amide bonds. The van der Waals surface area contributed by atoms with Crippen LogP contribution in [0.5, 0.6) is 0 Å². The Balaban J connectivity index is 2.21. The van der Waals surface area contributed by atoms with Crippen molar-refractivity contribution in [1.29, 1.82) is 0 Å². The molecule has 1 unspecified atom stereocenters. The maximum Gasteiger partial charge on any atom is 0.336 e. The van der Waals surface area contributed by atoms with Gasteiger partial charge in [-0.15, -0.1) is 0 Å². The number of aryl methyl sites for hydroxylation is 1. The summed E-state index contributed by atoms with van der Waals surface area (Å²) in [6.07, 6.45) is 0.982. The van der Waals surface area contributed by atoms with Crippen molar-refractivity contribution < 1.29 is 9.53 Å². The van der Waals surface area contributed by atoms with Crippen molar-refractivity contribution in [2.75, 3.05) is 18.2 Å². The number of hydrogen-bond donors (Lipinski definition) is 2. The van der Waals surface area contributed by atoms with Crippen LogP contribution in [-0.2, 0) is 9.53 Å². The van der Waals surface area contributed by atoms with Gasteiger partial charge in [0.2, 0.25) is 0 Å². The Hall–Kier alpha value is -2.54. The van der Waals surface area contributed by atoms with Crippen molar-refractivity contribution in [3.05, 3.63) is 62.6 Å². The first-order valence-electron chi connectivity index (χ1n) is 8.86. The molecule has 2 N–H and O–H groups in total. The number of aromatic nitrogens is 2. The lowest BCUT2D eigenvalue weighted by molar-refractivity contribution is -0.136. The minimum Gasteiger partial charge on any atom is -0.466 e. The Kier molecular flexibility index (Phi) is 5.70. The first-order chi connectivity index (χ1) is 13.0. The molecule has 6 nitrogen and oxygen atoms in total. The topological polar surface area (TPSA) is 84.1 Å². The number of nitrogens with zero attached hydrogens (tertiary/aromatic N) is 1. The molecule has 2 aromatic rings. The van der Waals surface area contributed by atoms with Gasteiger partial charge in [-0.1, -0.05) is 48.5 Å². The van der Waals surface area contributed by atoms with E-state index in [0.29, 0.717) is 27.8 Å². The molecule has 0 radical (unpaired) electrons. The molecule has 1 aromatic carbocycles. The second kappa shape index (κ2) is 8.00. The van der Waals surface area contributed by atoms with E-state index in [1.54, 1.807) is 6.92 Å². The molecular weight excluding hydrogens is 362 g/mol. The number of H-pyrrole nitrogens is 1. The highest BCUT2D eigenvalue weighted by atomic mass is 32.2. The molecule has 1 aliphatic heterocycles. The Bertz CT molecular complexity index is 965. The van der Waals surface area contributed by atoms with Crippen molar-refractivity contribution in [1.82, 2.24) is 9.97 Å². The van der Waals surface area contributed by atoms with Gasteiger partial charge in [-0.25, -0.2) is 9.78 Å². The number of thioether (sulfide) groups is 1. The van der Waals surface area contributed by atoms with Crippen molar-refractivity contribution in [2.45, 2.75) is 38.3 Å². The van der Waals surface area contributed by atoms with Crippen molar-refractivity contribution in [3.8, 4) is 0 Å². The molecule has 0 aliphatic carbocycles. The Labute approximate surface area is 162 Å². The summed E-state index contributed by atoms with van der Waals surface area (Å²) in [5, 5.41) is 3.71. The molecule has 3 rings (SSSR count). The van der Waals surface area contributed by atoms with Crippen LogP contribution < -0.4 is 10.9 Å². The number of fused-ring (bicyclic) bond motifs is 1. The van der Waals surface area contributed by atoms with Crippen LogP contribution in [0.1, 0.15) is 42.9 Å². The Morgan fingerprint density at radius 1 is 1.33 bits per heavy atom. The third kappa shape index (κ3) is 3.78. The second-order valence-electron chi connectivity index (χ2n) is 6.48. The molecule has 0 spiro atoms. The summed E-state index contributed by atoms with van der Waals surface area (Å²) in [7, 11) is 1.35. The van der Waals surface area contributed by atoms with Gasteiger partial charge in [-0.3, -0.25) is 4.79 Å². The third-order valence-electron chi connectivity index (χ3n) is 4.44. The molecule has 1 atom stereocenters. The van der Waals surface area contributed by atoms with E-state index < -0.39 is 11.9 Å². The third-order valence-corrected chi connectivity index (χ3v) is 5.52. The number of carbonyl (C=O) groups is 1. The van der Waals surface area contributed by atoms with Crippen LogP contribution >= 0.6 is 11.8 Å². The van der Waals surface area contributed by atoms with Crippen LogP contribution in [0.4, 0.5) is 5.82 Å². The van der Waals surface area contributed by atoms with Gasteiger partial charge in [-0.05, 0) is 25.8 Å². The lowest BCUT2D eigenvalue weighted by atomic mass is 9.82. The maximum absolute atomic E-state index is 13.0. The Morgan fingerprint density at radius 3 is 2.78 bits per heavy atom. The average molecular weight is 385 g/mol. The van der Waals surface area contributed by atoms with Gasteiger partial charge >= 0.3 is 5.97 Å². The number of rotatable bonds is 5. The van der Waals surface area contributed by atoms with Crippen LogP contribution in [0.2, 0.25) is 0 Å². The number of carbonyl (C=O) groups excluding carboxylic acids is 1. The number of ether oxygens (including phenoxy) is 1. The molecule has 0 bridgehead atoms. The number of aromatic amines is 1. The molecule has 0 fully saturated rings. The highest BCUT2D eigenvalue weighted by Gasteiger charge is 2.36. The molecule has 2 heterocycles. The van der Waals surface area contributed by atoms with Gasteiger partial charge in [0.25, 0.3) is 5.56 Å². The zero-order valence-electron chi connectivity index (χ0n) is 15.9. The van der Waals surface area contributed by atoms with Gasteiger partial charge in [0.05, 0.1) is 24.2 Å². The zero-order chi connectivity index (χ0) is 19.6. The highest BCUT2D eigenvalue weighted by molar-refractivity contribution is 7.99. The lowest BCUT2D eigenvalue weighted by Crippen LogP contribution is -2.31.